The number of hydrogen-bond acceptors (Lipinski definition) is 3. The molecule has 0 aromatic rings. The van der Waals surface area contributed by atoms with Gasteiger partial charge in [-0.15, -0.1) is 0 Å². The molecule has 0 aromatic heterocycles. The van der Waals surface area contributed by atoms with E-state index < -0.39 is 11.9 Å². The van der Waals surface area contributed by atoms with Crippen molar-refractivity contribution in [2.45, 2.75) is 52.4 Å². The van der Waals surface area contributed by atoms with Crippen LogP contribution < -0.4 is 29.6 Å². The molecule has 0 aliphatic carbocycles. The fourth-order valence-electron chi connectivity index (χ4n) is 1.39. The monoisotopic (exact) mass is 254 g/mol. The molecule has 0 heterocycles. The van der Waals surface area contributed by atoms with Crippen LogP contribution in [0.25, 0.3) is 0 Å². The van der Waals surface area contributed by atoms with Crippen molar-refractivity contribution in [1.82, 2.24) is 0 Å². The van der Waals surface area contributed by atoms with Gasteiger partial charge in [0.05, 0.1) is 19.4 Å². The molecule has 0 amide bonds. The predicted molar refractivity (Wildman–Crippen MR) is 62.2 cm³/mol. The van der Waals surface area contributed by atoms with Crippen molar-refractivity contribution in [2.75, 3.05) is 6.61 Å². The van der Waals surface area contributed by atoms with Crippen molar-refractivity contribution >= 4 is 11.9 Å². The molecule has 1 unspecified atom stereocenters. The summed E-state index contributed by atoms with van der Waals surface area (Å²) in [6, 6.07) is 0. The second-order valence-corrected chi connectivity index (χ2v) is 3.99. The Morgan fingerprint density at radius 2 is 1.94 bits per heavy atom. The summed E-state index contributed by atoms with van der Waals surface area (Å²) in [6.07, 6.45) is 4.17. The molecule has 0 spiro atoms. The number of aliphatic carboxylic acids is 1. The van der Waals surface area contributed by atoms with Crippen molar-refractivity contribution in [3.05, 3.63) is 0 Å². The Labute approximate surface area is 127 Å². The molecule has 0 aromatic carbocycles. The Balaban J connectivity index is -0.00000112. The number of unbranched alkanes of at least 4 members (excludes halogenated alkanes) is 1. The van der Waals surface area contributed by atoms with E-state index in [0.29, 0.717) is 12.5 Å². The van der Waals surface area contributed by atoms with E-state index in [2.05, 4.69) is 13.8 Å². The van der Waals surface area contributed by atoms with Crippen LogP contribution in [0.3, 0.4) is 0 Å². The fourth-order valence-corrected chi connectivity index (χ4v) is 1.39. The van der Waals surface area contributed by atoms with Crippen molar-refractivity contribution in [2.24, 2.45) is 5.92 Å². The average Bonchev–Trinajstić information content (AvgIpc) is 2.26. The number of esters is 1. The number of hydrogen-bond donors (Lipinski definition) is 1. The van der Waals surface area contributed by atoms with Gasteiger partial charge in [0.25, 0.3) is 0 Å². The first-order valence-electron chi connectivity index (χ1n) is 5.97. The van der Waals surface area contributed by atoms with Crippen molar-refractivity contribution < 1.29 is 50.4 Å². The van der Waals surface area contributed by atoms with Crippen LogP contribution in [-0.2, 0) is 14.3 Å². The van der Waals surface area contributed by atoms with E-state index in [1.54, 1.807) is 0 Å². The summed E-state index contributed by atoms with van der Waals surface area (Å²) in [7, 11) is 0. The first-order valence-corrected chi connectivity index (χ1v) is 5.97. The molecule has 0 fully saturated rings. The summed E-state index contributed by atoms with van der Waals surface area (Å²) in [6.45, 7) is 4.63. The molecule has 4 nitrogen and oxygen atoms in total. The van der Waals surface area contributed by atoms with Gasteiger partial charge in [-0.1, -0.05) is 33.1 Å². The molecule has 0 rings (SSSR count). The first kappa shape index (κ1) is 19.3. The molecule has 0 bridgehead atoms. The van der Waals surface area contributed by atoms with Crippen LogP contribution in [0.4, 0.5) is 0 Å². The van der Waals surface area contributed by atoms with Gasteiger partial charge in [-0.05, 0) is 12.3 Å². The Morgan fingerprint density at radius 1 is 1.29 bits per heavy atom. The molecule has 1 N–H and O–H groups in total. The van der Waals surface area contributed by atoms with E-state index in [1.807, 2.05) is 0 Å². The number of carbonyl (C=O) groups is 2. The predicted octanol–water partition coefficient (Wildman–Crippen LogP) is -0.273. The third-order valence-corrected chi connectivity index (χ3v) is 2.57. The van der Waals surface area contributed by atoms with Crippen molar-refractivity contribution in [3.8, 4) is 0 Å². The summed E-state index contributed by atoms with van der Waals surface area (Å²) >= 11 is 0. The van der Waals surface area contributed by atoms with E-state index in [1.165, 1.54) is 0 Å². The molecular formula is C12H23NaO4. The van der Waals surface area contributed by atoms with Gasteiger partial charge in [-0.2, -0.15) is 0 Å². The van der Waals surface area contributed by atoms with Crippen LogP contribution in [0.5, 0.6) is 0 Å². The van der Waals surface area contributed by atoms with Gasteiger partial charge < -0.3 is 11.3 Å². The van der Waals surface area contributed by atoms with Crippen LogP contribution >= 0.6 is 0 Å². The zero-order chi connectivity index (χ0) is 12.4. The van der Waals surface area contributed by atoms with Crippen LogP contribution in [0, 0.1) is 5.92 Å². The van der Waals surface area contributed by atoms with Crippen LogP contribution in [0.2, 0.25) is 0 Å². The Kier molecular flexibility index (Phi) is 14.1. The van der Waals surface area contributed by atoms with E-state index in [0.717, 1.165) is 25.7 Å². The number of rotatable bonds is 9. The summed E-state index contributed by atoms with van der Waals surface area (Å²) in [5, 5.41) is 8.39. The van der Waals surface area contributed by atoms with Gasteiger partial charge in [0, 0.05) is 0 Å². The van der Waals surface area contributed by atoms with Crippen LogP contribution in [-0.4, -0.2) is 23.7 Å². The molecule has 0 radical (unpaired) electrons. The molecule has 0 saturated carbocycles. The summed E-state index contributed by atoms with van der Waals surface area (Å²) in [5.41, 5.74) is 0. The SMILES string of the molecule is CCCCC(CC)COC(=O)CCC(=O)O.[H-].[Na+]. The Bertz CT molecular complexity index is 224. The quantitative estimate of drug-likeness (QED) is 0.454. The molecule has 17 heavy (non-hydrogen) atoms. The smallest absolute Gasteiger partial charge is 1.00 e. The first-order chi connectivity index (χ1) is 7.60. The van der Waals surface area contributed by atoms with E-state index in [4.69, 9.17) is 9.84 Å². The molecule has 5 heteroatoms. The van der Waals surface area contributed by atoms with Crippen LogP contribution in [0.1, 0.15) is 53.8 Å². The minimum atomic E-state index is -0.963. The van der Waals surface area contributed by atoms with Crippen molar-refractivity contribution in [3.63, 3.8) is 0 Å². The third-order valence-electron chi connectivity index (χ3n) is 2.57. The molecular weight excluding hydrogens is 231 g/mol. The zero-order valence-electron chi connectivity index (χ0n) is 12.2. The zero-order valence-corrected chi connectivity index (χ0v) is 13.2. The number of ether oxygens (including phenoxy) is 1. The average molecular weight is 254 g/mol. The minimum Gasteiger partial charge on any atom is -1.00 e. The van der Waals surface area contributed by atoms with E-state index in [9.17, 15) is 9.59 Å². The fraction of sp³-hybridized carbons (Fsp3) is 0.833. The summed E-state index contributed by atoms with van der Waals surface area (Å²) in [4.78, 5) is 21.4. The maximum atomic E-state index is 11.2. The minimum absolute atomic E-state index is 0. The summed E-state index contributed by atoms with van der Waals surface area (Å²) < 4.78 is 5.04. The van der Waals surface area contributed by atoms with Gasteiger partial charge in [-0.25, -0.2) is 0 Å². The van der Waals surface area contributed by atoms with Gasteiger partial charge in [-0.3, -0.25) is 9.59 Å². The van der Waals surface area contributed by atoms with Gasteiger partial charge in [0.2, 0.25) is 0 Å². The van der Waals surface area contributed by atoms with Gasteiger partial charge in [0.1, 0.15) is 0 Å². The second kappa shape index (κ2) is 12.4. The van der Waals surface area contributed by atoms with Gasteiger partial charge >= 0.3 is 41.5 Å². The van der Waals surface area contributed by atoms with Gasteiger partial charge in [0.15, 0.2) is 0 Å². The molecule has 96 valence electrons. The number of carboxylic acid groups (broad SMARTS) is 1. The van der Waals surface area contributed by atoms with Crippen molar-refractivity contribution in [1.29, 1.82) is 0 Å². The van der Waals surface area contributed by atoms with Crippen LogP contribution in [0.15, 0.2) is 0 Å². The normalized spacial score (nSPS) is 11.4. The Morgan fingerprint density at radius 3 is 2.41 bits per heavy atom. The molecule has 1 atom stereocenters. The topological polar surface area (TPSA) is 63.6 Å². The standard InChI is InChI=1S/C12H22O4.Na.H/c1-3-5-6-10(4-2)9-16-12(15)8-7-11(13)14;;/h10H,3-9H2,1-2H3,(H,13,14);;/q;+1;-1. The van der Waals surface area contributed by atoms with E-state index >= 15 is 0 Å². The maximum absolute atomic E-state index is 11.2. The maximum Gasteiger partial charge on any atom is 1.00 e. The summed E-state index contributed by atoms with van der Waals surface area (Å²) in [5.74, 6) is -0.957. The third kappa shape index (κ3) is 12.2. The largest absolute Gasteiger partial charge is 1.00 e. The number of carboxylic acids is 1. The van der Waals surface area contributed by atoms with E-state index in [-0.39, 0.29) is 43.8 Å². The number of carbonyl (C=O) groups excluding carboxylic acids is 1. The molecule has 0 aliphatic rings. The second-order valence-electron chi connectivity index (χ2n) is 3.99. The molecule has 0 aliphatic heterocycles. The Hall–Kier alpha value is -0.0600. The molecule has 0 saturated heterocycles.